The van der Waals surface area contributed by atoms with E-state index < -0.39 is 0 Å². The molecule has 0 atom stereocenters. The fraction of sp³-hybridized carbons (Fsp3) is 0.308. The Kier molecular flexibility index (Phi) is 2.35. The van der Waals surface area contributed by atoms with Crippen molar-refractivity contribution >= 4 is 16.7 Å². The van der Waals surface area contributed by atoms with Crippen LogP contribution in [0.4, 0.5) is 0 Å². The number of rotatable bonds is 2. The van der Waals surface area contributed by atoms with Crippen LogP contribution in [0.1, 0.15) is 29.9 Å². The van der Waals surface area contributed by atoms with Crippen LogP contribution in [-0.4, -0.2) is 10.4 Å². The van der Waals surface area contributed by atoms with E-state index in [4.69, 9.17) is 0 Å². The minimum atomic E-state index is 0.132. The van der Waals surface area contributed by atoms with E-state index in [9.17, 15) is 4.79 Å². The molecule has 15 heavy (non-hydrogen) atoms. The van der Waals surface area contributed by atoms with Gasteiger partial charge in [-0.25, -0.2) is 0 Å². The first kappa shape index (κ1) is 9.97. The molecule has 1 heterocycles. The molecule has 0 N–H and O–H groups in total. The Hall–Kier alpha value is -1.57. The van der Waals surface area contributed by atoms with Gasteiger partial charge in [0.05, 0.1) is 11.2 Å². The Morgan fingerprint density at radius 2 is 2.13 bits per heavy atom. The predicted octanol–water partition coefficient (Wildman–Crippen LogP) is 3.17. The number of Topliss-reactive ketones (excluding diaryl/α,β-unsaturated/α-hetero) is 1. The molecule has 0 aliphatic carbocycles. The van der Waals surface area contributed by atoms with E-state index in [-0.39, 0.29) is 5.78 Å². The number of carbonyl (C=O) groups is 1. The Morgan fingerprint density at radius 3 is 2.73 bits per heavy atom. The minimum Gasteiger partial charge on any atom is -0.338 e. The van der Waals surface area contributed by atoms with Crippen molar-refractivity contribution in [1.29, 1.82) is 0 Å². The summed E-state index contributed by atoms with van der Waals surface area (Å²) < 4.78 is 2.09. The van der Waals surface area contributed by atoms with E-state index in [1.807, 2.05) is 12.1 Å². The summed E-state index contributed by atoms with van der Waals surface area (Å²) in [5, 5.41) is 1.15. The van der Waals surface area contributed by atoms with E-state index in [2.05, 4.69) is 30.5 Å². The zero-order valence-electron chi connectivity index (χ0n) is 9.37. The second-order valence-electron chi connectivity index (χ2n) is 3.84. The predicted molar refractivity (Wildman–Crippen MR) is 62.4 cm³/mol. The number of hydrogen-bond acceptors (Lipinski definition) is 1. The highest BCUT2D eigenvalue weighted by molar-refractivity contribution is 5.99. The summed E-state index contributed by atoms with van der Waals surface area (Å²) in [7, 11) is 0. The number of aryl methyl sites for hydroxylation is 2. The van der Waals surface area contributed by atoms with Crippen LogP contribution in [0.25, 0.3) is 10.9 Å². The molecular formula is C13H15NO. The zero-order chi connectivity index (χ0) is 11.0. The second-order valence-corrected chi connectivity index (χ2v) is 3.84. The molecule has 0 radical (unpaired) electrons. The molecule has 0 bridgehead atoms. The van der Waals surface area contributed by atoms with Gasteiger partial charge in [0.25, 0.3) is 0 Å². The molecule has 1 aromatic carbocycles. The summed E-state index contributed by atoms with van der Waals surface area (Å²) in [6.07, 6.45) is 0. The molecule has 2 heteroatoms. The van der Waals surface area contributed by atoms with Gasteiger partial charge < -0.3 is 4.57 Å². The molecule has 2 nitrogen and oxygen atoms in total. The summed E-state index contributed by atoms with van der Waals surface area (Å²) in [5.74, 6) is 0.132. The third-order valence-electron chi connectivity index (χ3n) is 2.80. The first-order valence-electron chi connectivity index (χ1n) is 5.25. The molecule has 0 aliphatic rings. The van der Waals surface area contributed by atoms with Crippen LogP contribution < -0.4 is 0 Å². The van der Waals surface area contributed by atoms with Crippen LogP contribution in [0.5, 0.6) is 0 Å². The lowest BCUT2D eigenvalue weighted by Gasteiger charge is -2.06. The van der Waals surface area contributed by atoms with Crippen LogP contribution >= 0.6 is 0 Å². The highest BCUT2D eigenvalue weighted by atomic mass is 16.1. The molecule has 78 valence electrons. The summed E-state index contributed by atoms with van der Waals surface area (Å²) >= 11 is 0. The topological polar surface area (TPSA) is 22.0 Å². The maximum Gasteiger partial charge on any atom is 0.176 e. The lowest BCUT2D eigenvalue weighted by molar-refractivity contribution is 0.100. The minimum absolute atomic E-state index is 0.132. The number of hydrogen-bond donors (Lipinski definition) is 0. The molecule has 0 fully saturated rings. The molecule has 0 aliphatic heterocycles. The third-order valence-corrected chi connectivity index (χ3v) is 2.80. The first-order valence-corrected chi connectivity index (χ1v) is 5.25. The highest BCUT2D eigenvalue weighted by Crippen LogP contribution is 2.23. The number of ketones is 1. The van der Waals surface area contributed by atoms with Crippen LogP contribution in [0, 0.1) is 6.92 Å². The first-order chi connectivity index (χ1) is 7.15. The van der Waals surface area contributed by atoms with Gasteiger partial charge in [-0.3, -0.25) is 4.79 Å². The molecule has 0 saturated carbocycles. The smallest absolute Gasteiger partial charge is 0.176 e. The third kappa shape index (κ3) is 1.46. The zero-order valence-corrected chi connectivity index (χ0v) is 9.37. The normalized spacial score (nSPS) is 10.9. The largest absolute Gasteiger partial charge is 0.338 e. The van der Waals surface area contributed by atoms with Gasteiger partial charge in [-0.1, -0.05) is 18.2 Å². The van der Waals surface area contributed by atoms with E-state index in [0.717, 1.165) is 17.6 Å². The molecule has 0 amide bonds. The monoisotopic (exact) mass is 201 g/mol. The van der Waals surface area contributed by atoms with Gasteiger partial charge in [-0.05, 0) is 25.5 Å². The van der Waals surface area contributed by atoms with Crippen LogP contribution in [0.15, 0.2) is 24.3 Å². The SMILES string of the molecule is CCn1c(C(C)=O)cc2cccc(C)c21. The number of nitrogens with zero attached hydrogens (tertiary/aromatic N) is 1. The Morgan fingerprint density at radius 1 is 1.40 bits per heavy atom. The maximum atomic E-state index is 11.5. The average Bonchev–Trinajstić information content (AvgIpc) is 2.57. The number of para-hydroxylation sites is 1. The lowest BCUT2D eigenvalue weighted by atomic mass is 10.1. The van der Waals surface area contributed by atoms with Crippen molar-refractivity contribution in [3.05, 3.63) is 35.5 Å². The average molecular weight is 201 g/mol. The van der Waals surface area contributed by atoms with Crippen molar-refractivity contribution in [2.45, 2.75) is 27.3 Å². The molecule has 2 rings (SSSR count). The van der Waals surface area contributed by atoms with Crippen LogP contribution in [-0.2, 0) is 6.54 Å². The van der Waals surface area contributed by atoms with E-state index in [1.54, 1.807) is 6.92 Å². The van der Waals surface area contributed by atoms with Gasteiger partial charge in [0.1, 0.15) is 0 Å². The van der Waals surface area contributed by atoms with Gasteiger partial charge >= 0.3 is 0 Å². The van der Waals surface area contributed by atoms with Gasteiger partial charge in [0.15, 0.2) is 5.78 Å². The van der Waals surface area contributed by atoms with Crippen molar-refractivity contribution in [2.24, 2.45) is 0 Å². The van der Waals surface area contributed by atoms with Gasteiger partial charge in [0, 0.05) is 18.9 Å². The van der Waals surface area contributed by atoms with E-state index in [0.29, 0.717) is 0 Å². The summed E-state index contributed by atoms with van der Waals surface area (Å²) in [5.41, 5.74) is 3.22. The fourth-order valence-electron chi connectivity index (χ4n) is 2.13. The molecule has 2 aromatic rings. The number of benzene rings is 1. The number of aromatic nitrogens is 1. The van der Waals surface area contributed by atoms with Gasteiger partial charge in [-0.2, -0.15) is 0 Å². The van der Waals surface area contributed by atoms with Crippen molar-refractivity contribution < 1.29 is 4.79 Å². The standard InChI is InChI=1S/C13H15NO/c1-4-14-12(10(3)15)8-11-7-5-6-9(2)13(11)14/h5-8H,4H2,1-3H3. The molecular weight excluding hydrogens is 186 g/mol. The van der Waals surface area contributed by atoms with E-state index >= 15 is 0 Å². The molecule has 0 unspecified atom stereocenters. The lowest BCUT2D eigenvalue weighted by Crippen LogP contribution is -2.04. The van der Waals surface area contributed by atoms with Crippen LogP contribution in [0.2, 0.25) is 0 Å². The Bertz CT molecular complexity index is 523. The second kappa shape index (κ2) is 3.54. The molecule has 0 saturated heterocycles. The van der Waals surface area contributed by atoms with Crippen molar-refractivity contribution in [3.63, 3.8) is 0 Å². The van der Waals surface area contributed by atoms with Crippen molar-refractivity contribution in [3.8, 4) is 0 Å². The highest BCUT2D eigenvalue weighted by Gasteiger charge is 2.11. The van der Waals surface area contributed by atoms with Gasteiger partial charge in [-0.15, -0.1) is 0 Å². The number of fused-ring (bicyclic) bond motifs is 1. The van der Waals surface area contributed by atoms with Crippen LogP contribution in [0.3, 0.4) is 0 Å². The molecule has 0 spiro atoms. The summed E-state index contributed by atoms with van der Waals surface area (Å²) in [6, 6.07) is 8.15. The maximum absolute atomic E-state index is 11.5. The Balaban J connectivity index is 2.86. The van der Waals surface area contributed by atoms with Crippen molar-refractivity contribution in [1.82, 2.24) is 4.57 Å². The van der Waals surface area contributed by atoms with Crippen molar-refractivity contribution in [2.75, 3.05) is 0 Å². The Labute approximate surface area is 89.5 Å². The summed E-state index contributed by atoms with van der Waals surface area (Å²) in [4.78, 5) is 11.5. The molecule has 1 aromatic heterocycles. The number of carbonyl (C=O) groups excluding carboxylic acids is 1. The summed E-state index contributed by atoms with van der Waals surface area (Å²) in [6.45, 7) is 6.61. The quantitative estimate of drug-likeness (QED) is 0.684. The van der Waals surface area contributed by atoms with Gasteiger partial charge in [0.2, 0.25) is 0 Å². The van der Waals surface area contributed by atoms with E-state index in [1.165, 1.54) is 11.1 Å². The fourth-order valence-corrected chi connectivity index (χ4v) is 2.13.